The molecule has 2 bridgehead atoms. The number of fused-ring (bicyclic) bond motifs is 8. The van der Waals surface area contributed by atoms with E-state index in [4.69, 9.17) is 9.47 Å². The number of nitrogens with zero attached hydrogens (tertiary/aromatic N) is 1. The standard InChI is InChI=1S/C21H24N2O3/c1-11(24)16-9-26-10-17-14(16)7-20-21-15(8-19(17)23(20)2)13-5-4-12(25-3)6-18(13)22-21/h4-6,9,14,17,19-20,22H,7-8,10H2,1-3H3/t14-,17+,19-,20-/m0/s1. The smallest absolute Gasteiger partial charge is 0.159 e. The highest BCUT2D eigenvalue weighted by Crippen LogP contribution is 2.50. The number of hydrogen-bond donors (Lipinski definition) is 1. The lowest BCUT2D eigenvalue weighted by atomic mass is 9.67. The number of likely N-dealkylation sites (N-methyl/N-ethyl adjacent to an activating group) is 1. The number of aromatic nitrogens is 1. The average Bonchev–Trinajstić information content (AvgIpc) is 2.99. The Morgan fingerprint density at radius 1 is 1.38 bits per heavy atom. The molecule has 1 saturated heterocycles. The Hall–Kier alpha value is -2.27. The largest absolute Gasteiger partial charge is 0.500 e. The zero-order valence-corrected chi connectivity index (χ0v) is 15.4. The van der Waals surface area contributed by atoms with Gasteiger partial charge in [-0.3, -0.25) is 9.69 Å². The molecular formula is C21H24N2O3. The number of nitrogens with one attached hydrogen (secondary N) is 1. The molecule has 1 aromatic carbocycles. The van der Waals surface area contributed by atoms with Crippen molar-refractivity contribution in [1.82, 2.24) is 9.88 Å². The summed E-state index contributed by atoms with van der Waals surface area (Å²) in [5.74, 6) is 1.68. The molecule has 136 valence electrons. The van der Waals surface area contributed by atoms with Crippen molar-refractivity contribution in [2.75, 3.05) is 20.8 Å². The number of carbonyl (C=O) groups is 1. The second-order valence-electron chi connectivity index (χ2n) is 7.85. The van der Waals surface area contributed by atoms with E-state index in [1.165, 1.54) is 16.6 Å². The van der Waals surface area contributed by atoms with E-state index in [0.29, 0.717) is 30.5 Å². The number of Topliss-reactive ketones (excluding diaryl/α,β-unsaturated/α-hetero) is 1. The fraction of sp³-hybridized carbons (Fsp3) is 0.476. The predicted molar refractivity (Wildman–Crippen MR) is 99.2 cm³/mol. The fourth-order valence-electron chi connectivity index (χ4n) is 5.36. The summed E-state index contributed by atoms with van der Waals surface area (Å²) in [6.45, 7) is 2.36. The summed E-state index contributed by atoms with van der Waals surface area (Å²) in [4.78, 5) is 18.3. The van der Waals surface area contributed by atoms with Crippen LogP contribution >= 0.6 is 0 Å². The van der Waals surface area contributed by atoms with Gasteiger partial charge in [0.15, 0.2) is 5.78 Å². The van der Waals surface area contributed by atoms with Crippen LogP contribution in [0.5, 0.6) is 5.75 Å². The molecule has 0 aliphatic carbocycles. The van der Waals surface area contributed by atoms with Crippen molar-refractivity contribution in [2.24, 2.45) is 11.8 Å². The van der Waals surface area contributed by atoms with Gasteiger partial charge in [-0.1, -0.05) is 0 Å². The third-order valence-electron chi connectivity index (χ3n) is 6.70. The second-order valence-corrected chi connectivity index (χ2v) is 7.85. The van der Waals surface area contributed by atoms with Crippen molar-refractivity contribution >= 4 is 16.7 Å². The van der Waals surface area contributed by atoms with Crippen LogP contribution in [-0.4, -0.2) is 42.5 Å². The van der Waals surface area contributed by atoms with Crippen LogP contribution in [0.4, 0.5) is 0 Å². The van der Waals surface area contributed by atoms with Gasteiger partial charge >= 0.3 is 0 Å². The Labute approximate surface area is 153 Å². The maximum atomic E-state index is 12.1. The Morgan fingerprint density at radius 2 is 2.23 bits per heavy atom. The lowest BCUT2D eigenvalue weighted by molar-refractivity contribution is -0.116. The van der Waals surface area contributed by atoms with E-state index in [1.807, 2.05) is 6.07 Å². The Kier molecular flexibility index (Phi) is 3.44. The predicted octanol–water partition coefficient (Wildman–Crippen LogP) is 3.21. The first kappa shape index (κ1) is 15.9. The number of piperidine rings is 1. The summed E-state index contributed by atoms with van der Waals surface area (Å²) >= 11 is 0. The number of ketones is 1. The maximum Gasteiger partial charge on any atom is 0.159 e. The third kappa shape index (κ3) is 2.10. The van der Waals surface area contributed by atoms with E-state index in [1.54, 1.807) is 20.3 Å². The van der Waals surface area contributed by atoms with Crippen LogP contribution in [0.3, 0.4) is 0 Å². The van der Waals surface area contributed by atoms with Crippen LogP contribution in [0.25, 0.3) is 10.9 Å². The highest BCUT2D eigenvalue weighted by Gasteiger charge is 2.49. The molecule has 0 amide bonds. The lowest BCUT2D eigenvalue weighted by Gasteiger charge is -2.52. The van der Waals surface area contributed by atoms with Gasteiger partial charge in [0.05, 0.1) is 26.0 Å². The third-order valence-corrected chi connectivity index (χ3v) is 6.70. The van der Waals surface area contributed by atoms with Crippen molar-refractivity contribution in [3.8, 4) is 5.75 Å². The molecule has 0 unspecified atom stereocenters. The molecule has 2 aromatic rings. The summed E-state index contributed by atoms with van der Waals surface area (Å²) in [6.07, 6.45) is 3.66. The van der Waals surface area contributed by atoms with E-state index in [9.17, 15) is 4.79 Å². The number of ether oxygens (including phenoxy) is 2. The number of benzene rings is 1. The first-order chi connectivity index (χ1) is 12.6. The van der Waals surface area contributed by atoms with Crippen molar-refractivity contribution in [1.29, 1.82) is 0 Å². The minimum Gasteiger partial charge on any atom is -0.500 e. The number of allylic oxidation sites excluding steroid dienone is 1. The van der Waals surface area contributed by atoms with Crippen LogP contribution in [0.2, 0.25) is 0 Å². The summed E-state index contributed by atoms with van der Waals surface area (Å²) in [5.41, 5.74) is 4.73. The molecular weight excluding hydrogens is 328 g/mol. The number of H-pyrrole nitrogens is 1. The number of aromatic amines is 1. The molecule has 0 saturated carbocycles. The van der Waals surface area contributed by atoms with Crippen LogP contribution < -0.4 is 4.74 Å². The Morgan fingerprint density at radius 3 is 3.00 bits per heavy atom. The minimum atomic E-state index is 0.143. The zero-order valence-electron chi connectivity index (χ0n) is 15.4. The Bertz CT molecular complexity index is 929. The molecule has 0 spiro atoms. The van der Waals surface area contributed by atoms with Gasteiger partial charge in [-0.05, 0) is 50.4 Å². The number of hydrogen-bond acceptors (Lipinski definition) is 4. The molecule has 3 aliphatic heterocycles. The minimum absolute atomic E-state index is 0.143. The normalized spacial score (nSPS) is 30.2. The SMILES string of the molecule is COc1ccc2c3c([nH]c2c1)[C@@H]1C[C@H]2C(C(C)=O)=COC[C@H]2[C@H](C3)N1C. The quantitative estimate of drug-likeness (QED) is 0.902. The van der Waals surface area contributed by atoms with E-state index >= 15 is 0 Å². The molecule has 3 aliphatic rings. The van der Waals surface area contributed by atoms with E-state index in [0.717, 1.165) is 29.7 Å². The van der Waals surface area contributed by atoms with Gasteiger partial charge in [-0.25, -0.2) is 0 Å². The van der Waals surface area contributed by atoms with Gasteiger partial charge in [-0.15, -0.1) is 0 Å². The van der Waals surface area contributed by atoms with Crippen molar-refractivity contribution < 1.29 is 14.3 Å². The van der Waals surface area contributed by atoms with Crippen LogP contribution in [-0.2, 0) is 16.0 Å². The molecule has 5 heteroatoms. The molecule has 0 radical (unpaired) electrons. The first-order valence-corrected chi connectivity index (χ1v) is 9.31. The molecule has 5 nitrogen and oxygen atoms in total. The topological polar surface area (TPSA) is 54.6 Å². The van der Waals surface area contributed by atoms with Gasteiger partial charge in [0.2, 0.25) is 0 Å². The van der Waals surface area contributed by atoms with E-state index in [-0.39, 0.29) is 5.78 Å². The highest BCUT2D eigenvalue weighted by atomic mass is 16.5. The molecule has 4 heterocycles. The molecule has 26 heavy (non-hydrogen) atoms. The fourth-order valence-corrected chi connectivity index (χ4v) is 5.36. The van der Waals surface area contributed by atoms with E-state index < -0.39 is 0 Å². The highest BCUT2D eigenvalue weighted by molar-refractivity contribution is 5.94. The number of carbonyl (C=O) groups excluding carboxylic acids is 1. The molecule has 1 N–H and O–H groups in total. The van der Waals surface area contributed by atoms with Gasteiger partial charge < -0.3 is 14.5 Å². The van der Waals surface area contributed by atoms with Gasteiger partial charge in [0, 0.05) is 40.2 Å². The van der Waals surface area contributed by atoms with Crippen LogP contribution in [0.1, 0.15) is 30.6 Å². The molecule has 1 aromatic heterocycles. The van der Waals surface area contributed by atoms with Crippen molar-refractivity contribution in [3.05, 3.63) is 41.3 Å². The van der Waals surface area contributed by atoms with Crippen molar-refractivity contribution in [2.45, 2.75) is 31.8 Å². The van der Waals surface area contributed by atoms with Crippen molar-refractivity contribution in [3.63, 3.8) is 0 Å². The summed E-state index contributed by atoms with van der Waals surface area (Å²) in [7, 11) is 3.91. The maximum absolute atomic E-state index is 12.1. The molecule has 4 atom stereocenters. The lowest BCUT2D eigenvalue weighted by Crippen LogP contribution is -2.55. The summed E-state index contributed by atoms with van der Waals surface area (Å²) < 4.78 is 11.1. The van der Waals surface area contributed by atoms with Gasteiger partial charge in [0.25, 0.3) is 0 Å². The molecule has 5 rings (SSSR count). The Balaban J connectivity index is 1.62. The second kappa shape index (κ2) is 5.61. The van der Waals surface area contributed by atoms with E-state index in [2.05, 4.69) is 29.1 Å². The molecule has 1 fully saturated rings. The van der Waals surface area contributed by atoms with Crippen LogP contribution in [0, 0.1) is 11.8 Å². The first-order valence-electron chi connectivity index (χ1n) is 9.31. The zero-order chi connectivity index (χ0) is 18.0. The number of methoxy groups -OCH3 is 1. The summed E-state index contributed by atoms with van der Waals surface area (Å²) in [6, 6.07) is 6.99. The van der Waals surface area contributed by atoms with Crippen LogP contribution in [0.15, 0.2) is 30.0 Å². The average molecular weight is 352 g/mol. The monoisotopic (exact) mass is 352 g/mol. The van der Waals surface area contributed by atoms with Gasteiger partial charge in [0.1, 0.15) is 5.75 Å². The van der Waals surface area contributed by atoms with Gasteiger partial charge in [-0.2, -0.15) is 0 Å². The number of rotatable bonds is 2. The summed E-state index contributed by atoms with van der Waals surface area (Å²) in [5, 5.41) is 1.29.